The van der Waals surface area contributed by atoms with Gasteiger partial charge in [0.05, 0.1) is 11.5 Å². The van der Waals surface area contributed by atoms with E-state index in [0.717, 1.165) is 5.01 Å². The molecule has 9 heteroatoms. The minimum absolute atomic E-state index is 0.0439. The van der Waals surface area contributed by atoms with Gasteiger partial charge < -0.3 is 15.1 Å². The summed E-state index contributed by atoms with van der Waals surface area (Å²) < 4.78 is 4.55. The minimum atomic E-state index is -1.10. The van der Waals surface area contributed by atoms with E-state index in [9.17, 15) is 14.8 Å². The third-order valence-corrected chi connectivity index (χ3v) is 2.09. The normalized spacial score (nSPS) is 21.4. The van der Waals surface area contributed by atoms with Crippen LogP contribution in [0.5, 0.6) is 0 Å². The van der Waals surface area contributed by atoms with E-state index < -0.39 is 24.3 Å². The number of esters is 1. The van der Waals surface area contributed by atoms with Crippen molar-refractivity contribution in [1.82, 2.24) is 5.01 Å². The second kappa shape index (κ2) is 5.32. The number of carboxylic acid groups (broad SMARTS) is 1. The van der Waals surface area contributed by atoms with Crippen LogP contribution in [0.15, 0.2) is 5.28 Å². The predicted molar refractivity (Wildman–Crippen MR) is 51.1 cm³/mol. The number of ether oxygens (including phenoxy) is 1. The van der Waals surface area contributed by atoms with Gasteiger partial charge in [-0.1, -0.05) is 0 Å². The van der Waals surface area contributed by atoms with Crippen LogP contribution in [-0.4, -0.2) is 45.9 Å². The van der Waals surface area contributed by atoms with E-state index in [1.165, 1.54) is 13.8 Å². The maximum absolute atomic E-state index is 11.3. The van der Waals surface area contributed by atoms with E-state index in [0.29, 0.717) is 6.42 Å². The molecule has 0 radical (unpaired) electrons. The number of carbonyl (C=O) groups is 2. The third-order valence-electron chi connectivity index (χ3n) is 2.09. The Morgan fingerprint density at radius 2 is 2.29 bits per heavy atom. The molecule has 1 aliphatic heterocycles. The molecule has 0 aromatic rings. The summed E-state index contributed by atoms with van der Waals surface area (Å²) >= 11 is 0. The lowest BCUT2D eigenvalue weighted by Gasteiger charge is -2.32. The van der Waals surface area contributed by atoms with Gasteiger partial charge in [-0.15, -0.1) is 5.01 Å². The molecular weight excluding hydrogens is 234 g/mol. The first-order valence-corrected chi connectivity index (χ1v) is 4.92. The highest BCUT2D eigenvalue weighted by molar-refractivity contribution is 5.74. The van der Waals surface area contributed by atoms with Gasteiger partial charge >= 0.3 is 11.9 Å². The van der Waals surface area contributed by atoms with Gasteiger partial charge in [0, 0.05) is 20.3 Å². The number of carboxylic acids is 1. The molecule has 9 nitrogen and oxygen atoms in total. The van der Waals surface area contributed by atoms with Crippen LogP contribution in [-0.2, 0) is 19.2 Å². The monoisotopic (exact) mass is 247 g/mol. The summed E-state index contributed by atoms with van der Waals surface area (Å²) in [4.78, 5) is 25.7. The molecule has 17 heavy (non-hydrogen) atoms. The first-order valence-electron chi connectivity index (χ1n) is 4.92. The fourth-order valence-corrected chi connectivity index (χ4v) is 1.24. The summed E-state index contributed by atoms with van der Waals surface area (Å²) in [5.74, 6) is -1.67. The molecule has 96 valence electrons. The number of aliphatic carboxylic acids is 1. The second-order valence-electron chi connectivity index (χ2n) is 3.42. The molecule has 0 amide bonds. The van der Waals surface area contributed by atoms with Gasteiger partial charge in [-0.05, 0) is 0 Å². The number of nitrogens with zero attached hydrogens (tertiary/aromatic N) is 3. The summed E-state index contributed by atoms with van der Waals surface area (Å²) in [5.41, 5.74) is 0. The number of hydrogen-bond acceptors (Lipinski definition) is 6. The van der Waals surface area contributed by atoms with Crippen molar-refractivity contribution in [3.05, 3.63) is 5.21 Å². The molecule has 0 saturated carbocycles. The van der Waals surface area contributed by atoms with Gasteiger partial charge in [-0.2, -0.15) is 0 Å². The van der Waals surface area contributed by atoms with E-state index in [1.807, 2.05) is 0 Å². The van der Waals surface area contributed by atoms with Crippen molar-refractivity contribution in [3.8, 4) is 0 Å². The topological polar surface area (TPSA) is 114 Å². The molecule has 0 bridgehead atoms. The van der Waals surface area contributed by atoms with Gasteiger partial charge in [-0.3, -0.25) is 9.63 Å². The van der Waals surface area contributed by atoms with E-state index in [2.05, 4.69) is 14.9 Å². The number of hydrazine groups is 1. The average Bonchev–Trinajstić information content (AvgIpc) is 2.10. The van der Waals surface area contributed by atoms with Crippen LogP contribution in [0.4, 0.5) is 0 Å². The van der Waals surface area contributed by atoms with Crippen molar-refractivity contribution >= 4 is 11.9 Å². The number of hydrogen-bond donors (Lipinski definition) is 1. The zero-order chi connectivity index (χ0) is 13.0. The molecular formula is C8H13N3O6. The van der Waals surface area contributed by atoms with Crippen molar-refractivity contribution in [3.63, 3.8) is 0 Å². The van der Waals surface area contributed by atoms with Crippen molar-refractivity contribution in [1.29, 1.82) is 0 Å². The lowest BCUT2D eigenvalue weighted by Crippen LogP contribution is -2.55. The Morgan fingerprint density at radius 3 is 2.71 bits per heavy atom. The van der Waals surface area contributed by atoms with Gasteiger partial charge in [0.15, 0.2) is 6.04 Å². The predicted octanol–water partition coefficient (Wildman–Crippen LogP) is -0.136. The highest BCUT2D eigenvalue weighted by atomic mass is 16.8. The maximum Gasteiger partial charge on any atom is 0.332 e. The molecule has 0 aromatic heterocycles. The van der Waals surface area contributed by atoms with Crippen LogP contribution < -0.4 is 0 Å². The van der Waals surface area contributed by atoms with Gasteiger partial charge in [-0.25, -0.2) is 4.79 Å². The average molecular weight is 247 g/mol. The molecule has 1 heterocycles. The quantitative estimate of drug-likeness (QED) is 0.236. The van der Waals surface area contributed by atoms with Crippen LogP contribution in [0.25, 0.3) is 0 Å². The molecule has 1 unspecified atom stereocenters. The van der Waals surface area contributed by atoms with E-state index >= 15 is 0 Å². The Labute approximate surface area is 96.7 Å². The molecule has 2 atom stereocenters. The summed E-state index contributed by atoms with van der Waals surface area (Å²) in [6.07, 6.45) is -0.628. The van der Waals surface area contributed by atoms with Crippen molar-refractivity contribution < 1.29 is 29.2 Å². The maximum atomic E-state index is 11.3. The highest BCUT2D eigenvalue weighted by Gasteiger charge is 2.41. The summed E-state index contributed by atoms with van der Waals surface area (Å²) in [7, 11) is 0. The Morgan fingerprint density at radius 1 is 1.65 bits per heavy atom. The molecule has 1 fully saturated rings. The van der Waals surface area contributed by atoms with E-state index in [1.54, 1.807) is 0 Å². The molecule has 1 aliphatic rings. The minimum Gasteiger partial charge on any atom is -0.569 e. The van der Waals surface area contributed by atoms with Gasteiger partial charge in [0.25, 0.3) is 6.29 Å². The van der Waals surface area contributed by atoms with Crippen LogP contribution >= 0.6 is 0 Å². The smallest absolute Gasteiger partial charge is 0.332 e. The third kappa shape index (κ3) is 3.47. The Hall–Kier alpha value is -2.06. The Bertz CT molecular complexity index is 344. The van der Waals surface area contributed by atoms with Crippen molar-refractivity contribution in [2.45, 2.75) is 32.6 Å². The summed E-state index contributed by atoms with van der Waals surface area (Å²) in [5, 5.41) is 24.0. The zero-order valence-corrected chi connectivity index (χ0v) is 9.40. The first-order chi connectivity index (χ1) is 7.91. The molecule has 0 aromatic carbocycles. The number of rotatable bonds is 5. The van der Waals surface area contributed by atoms with E-state index in [4.69, 9.17) is 5.11 Å². The molecule has 0 spiro atoms. The lowest BCUT2D eigenvalue weighted by atomic mass is 10.1. The molecule has 1 N–H and O–H groups in total. The van der Waals surface area contributed by atoms with Crippen molar-refractivity contribution in [2.24, 2.45) is 5.28 Å². The molecule has 0 aliphatic carbocycles. The fraction of sp³-hybridized carbons (Fsp3) is 0.750. The van der Waals surface area contributed by atoms with Crippen LogP contribution in [0.1, 0.15) is 20.3 Å². The Balaban J connectivity index is 2.44. The fourth-order valence-electron chi connectivity index (χ4n) is 1.24. The molecule has 1 saturated heterocycles. The largest absolute Gasteiger partial charge is 0.569 e. The lowest BCUT2D eigenvalue weighted by molar-refractivity contribution is -0.730. The Kier molecular flexibility index (Phi) is 4.07. The first kappa shape index (κ1) is 13.0. The van der Waals surface area contributed by atoms with Crippen LogP contribution in [0.2, 0.25) is 0 Å². The van der Waals surface area contributed by atoms with Crippen molar-refractivity contribution in [2.75, 3.05) is 6.54 Å². The van der Waals surface area contributed by atoms with E-state index in [-0.39, 0.29) is 11.5 Å². The van der Waals surface area contributed by atoms with Crippen LogP contribution in [0.3, 0.4) is 0 Å². The van der Waals surface area contributed by atoms with Gasteiger partial charge in [0.2, 0.25) is 5.28 Å². The highest BCUT2D eigenvalue weighted by Crippen LogP contribution is 2.17. The summed E-state index contributed by atoms with van der Waals surface area (Å²) in [6.45, 7) is 2.85. The zero-order valence-electron chi connectivity index (χ0n) is 9.40. The second-order valence-corrected chi connectivity index (χ2v) is 3.42. The standard InChI is InChI=1S/C8H13N3O6/c1-5(12)16-6(2)17-9-11(15)10-4-3-7(10)8(13)14/h6-7H,3-4H2,1-2H3,(H,13,14)/b11-9+/t6?,7-/m0/s1. The summed E-state index contributed by atoms with van der Waals surface area (Å²) in [6, 6.07) is -0.885. The van der Waals surface area contributed by atoms with Gasteiger partial charge in [0.1, 0.15) is 0 Å². The number of carbonyl (C=O) groups excluding carboxylic acids is 1. The molecule has 1 rings (SSSR count). The SMILES string of the molecule is CC(=O)OC(C)O/N=[N+](/[O-])N1CC[C@H]1C(=O)O. The van der Waals surface area contributed by atoms with Crippen LogP contribution in [0, 0.1) is 5.21 Å².